The number of benzene rings is 1. The highest BCUT2D eigenvalue weighted by molar-refractivity contribution is 6.05. The summed E-state index contributed by atoms with van der Waals surface area (Å²) in [7, 11) is 0. The second-order valence-electron chi connectivity index (χ2n) is 15.2. The van der Waals surface area contributed by atoms with Crippen molar-refractivity contribution in [3.05, 3.63) is 65.5 Å². The number of H-pyrrole nitrogens is 1. The van der Waals surface area contributed by atoms with Gasteiger partial charge in [-0.2, -0.15) is 5.10 Å². The number of hydrogen-bond donors (Lipinski definition) is 4. The molecule has 5 N–H and O–H groups in total. The van der Waals surface area contributed by atoms with Crippen LogP contribution in [0.4, 0.5) is 5.69 Å². The summed E-state index contributed by atoms with van der Waals surface area (Å²) in [6, 6.07) is 7.44. The number of nitrogens with zero attached hydrogens (tertiary/aromatic N) is 5. The van der Waals surface area contributed by atoms with Crippen LogP contribution in [-0.2, 0) is 79.7 Å². The van der Waals surface area contributed by atoms with Crippen LogP contribution < -0.4 is 11.1 Å². The fourth-order valence-electron chi connectivity index (χ4n) is 6.07. The van der Waals surface area contributed by atoms with E-state index in [1.54, 1.807) is 30.7 Å². The van der Waals surface area contributed by atoms with E-state index >= 15 is 0 Å². The number of carboxylic acids is 1. The molecule has 0 saturated carbocycles. The minimum absolute atomic E-state index is 0.0150. The van der Waals surface area contributed by atoms with Gasteiger partial charge < -0.3 is 63.5 Å². The topological polar surface area (TPSA) is 281 Å². The summed E-state index contributed by atoms with van der Waals surface area (Å²) in [6.07, 6.45) is 7.84. The van der Waals surface area contributed by atoms with Gasteiger partial charge in [-0.1, -0.05) is 19.1 Å². The van der Waals surface area contributed by atoms with Gasteiger partial charge in [-0.25, -0.2) is 20.0 Å². The molecule has 23 heteroatoms. The number of nitrogens with one attached hydrogen (secondary N) is 2. The number of fused-ring (bicyclic) bond motifs is 1. The van der Waals surface area contributed by atoms with Crippen molar-refractivity contribution >= 4 is 35.4 Å². The average molecular weight is 987 g/mol. The monoisotopic (exact) mass is 986 g/mol. The van der Waals surface area contributed by atoms with Gasteiger partial charge in [0.2, 0.25) is 5.91 Å². The van der Waals surface area contributed by atoms with Crippen LogP contribution in [0.25, 0.3) is 17.2 Å². The van der Waals surface area contributed by atoms with Crippen molar-refractivity contribution in [2.45, 2.75) is 45.8 Å². The van der Waals surface area contributed by atoms with E-state index < -0.39 is 5.97 Å². The highest BCUT2D eigenvalue weighted by Crippen LogP contribution is 2.32. The quantitative estimate of drug-likeness (QED) is 0.0469. The predicted octanol–water partition coefficient (Wildman–Crippen LogP) is 2.66. The molecule has 3 aromatic rings. The highest BCUT2D eigenvalue weighted by atomic mass is 16.7. The number of carboxylic acid groups (broad SMARTS) is 1. The largest absolute Gasteiger partial charge is 0.481 e. The van der Waals surface area contributed by atoms with Crippen molar-refractivity contribution in [1.29, 1.82) is 0 Å². The number of aliphatic carboxylic acids is 1. The molecular weight excluding hydrogens is 917 g/mol. The Morgan fingerprint density at radius 2 is 1.19 bits per heavy atom. The van der Waals surface area contributed by atoms with E-state index in [1.165, 1.54) is 5.06 Å². The van der Waals surface area contributed by atoms with Crippen LogP contribution in [0.2, 0.25) is 0 Å². The molecule has 0 aliphatic carbocycles. The molecule has 70 heavy (non-hydrogen) atoms. The lowest BCUT2D eigenvalue weighted by atomic mass is 10.0. The zero-order chi connectivity index (χ0) is 49.7. The Morgan fingerprint density at radius 1 is 0.686 bits per heavy atom. The Morgan fingerprint density at radius 3 is 1.66 bits per heavy atom. The van der Waals surface area contributed by atoms with Crippen LogP contribution >= 0.6 is 0 Å². The molecule has 2 amide bonds. The summed E-state index contributed by atoms with van der Waals surface area (Å²) in [5.74, 6) is -0.589. The first-order valence-electron chi connectivity index (χ1n) is 23.5. The van der Waals surface area contributed by atoms with Crippen LogP contribution in [-0.4, -0.2) is 193 Å². The maximum atomic E-state index is 13.5. The van der Waals surface area contributed by atoms with Gasteiger partial charge in [0.05, 0.1) is 156 Å². The van der Waals surface area contributed by atoms with E-state index in [4.69, 9.17) is 63.0 Å². The predicted molar refractivity (Wildman–Crippen MR) is 254 cm³/mol. The molecule has 0 radical (unpaired) electrons. The normalized spacial score (nSPS) is 12.3. The molecule has 23 nitrogen and oxygen atoms in total. The summed E-state index contributed by atoms with van der Waals surface area (Å²) in [4.78, 5) is 55.6. The molecule has 4 rings (SSSR count). The van der Waals surface area contributed by atoms with E-state index in [2.05, 4.69) is 30.5 Å². The van der Waals surface area contributed by atoms with E-state index in [9.17, 15) is 14.4 Å². The Bertz CT molecular complexity index is 1960. The maximum absolute atomic E-state index is 13.5. The number of amidine groups is 1. The molecule has 0 atom stereocenters. The average Bonchev–Trinajstić information content (AvgIpc) is 3.82. The molecule has 2 aromatic heterocycles. The molecule has 1 aliphatic heterocycles. The van der Waals surface area contributed by atoms with Gasteiger partial charge in [0.15, 0.2) is 0 Å². The number of rotatable bonds is 42. The SMILES string of the molecule is CCCN(OCc1ccn[nH]1)C(=O)C1=Cc2ccc(-c3cnc(CNC(=O)CCOCCOCCOCCOCCOCCOCCOCCOCCOCCOCCC(=O)O)nc3)cc2N=C(N)C1. The summed E-state index contributed by atoms with van der Waals surface area (Å²) in [6.45, 7) is 10.9. The van der Waals surface area contributed by atoms with Gasteiger partial charge in [0.1, 0.15) is 18.3 Å². The number of ether oxygens (including phenoxy) is 10. The van der Waals surface area contributed by atoms with Gasteiger partial charge in [0.25, 0.3) is 5.91 Å². The molecule has 0 bridgehead atoms. The van der Waals surface area contributed by atoms with Crippen molar-refractivity contribution in [2.75, 3.05) is 139 Å². The van der Waals surface area contributed by atoms with Crippen LogP contribution in [0, 0.1) is 0 Å². The second kappa shape index (κ2) is 36.6. The number of aromatic amines is 1. The fraction of sp³-hybridized carbons (Fsp3) is 0.596. The Kier molecular flexibility index (Phi) is 29.9. The van der Waals surface area contributed by atoms with Crippen LogP contribution in [0.3, 0.4) is 0 Å². The van der Waals surface area contributed by atoms with Gasteiger partial charge in [-0.15, -0.1) is 0 Å². The molecule has 0 fully saturated rings. The number of aromatic nitrogens is 4. The van der Waals surface area contributed by atoms with Crippen molar-refractivity contribution in [1.82, 2.24) is 30.5 Å². The zero-order valence-corrected chi connectivity index (χ0v) is 40.2. The number of carbonyl (C=O) groups is 3. The van der Waals surface area contributed by atoms with Gasteiger partial charge in [0, 0.05) is 54.7 Å². The zero-order valence-electron chi connectivity index (χ0n) is 40.2. The molecule has 388 valence electrons. The summed E-state index contributed by atoms with van der Waals surface area (Å²) in [5, 5.41) is 19.4. The number of aliphatic imine (C=N–C) groups is 1. The molecule has 0 unspecified atom stereocenters. The minimum atomic E-state index is -0.884. The molecule has 0 spiro atoms. The summed E-state index contributed by atoms with van der Waals surface area (Å²) in [5.41, 5.74) is 10.4. The molecule has 3 heterocycles. The van der Waals surface area contributed by atoms with Crippen molar-refractivity contribution in [2.24, 2.45) is 10.7 Å². The number of hydroxylamine groups is 2. The highest BCUT2D eigenvalue weighted by Gasteiger charge is 2.23. The Hall–Kier alpha value is -5.31. The first-order chi connectivity index (χ1) is 34.3. The Balaban J connectivity index is 0.918. The first kappa shape index (κ1) is 57.3. The summed E-state index contributed by atoms with van der Waals surface area (Å²) >= 11 is 0. The Labute approximate surface area is 408 Å². The lowest BCUT2D eigenvalue weighted by molar-refractivity contribution is -0.187. The lowest BCUT2D eigenvalue weighted by Gasteiger charge is -2.22. The van der Waals surface area contributed by atoms with Gasteiger partial charge in [-0.05, 0) is 30.2 Å². The third-order valence-corrected chi connectivity index (χ3v) is 9.62. The molecule has 0 saturated heterocycles. The van der Waals surface area contributed by atoms with E-state index in [-0.39, 0.29) is 57.4 Å². The number of hydrogen-bond acceptors (Lipinski definition) is 19. The molecule has 1 aliphatic rings. The summed E-state index contributed by atoms with van der Waals surface area (Å²) < 4.78 is 54.3. The smallest absolute Gasteiger partial charge is 0.305 e. The van der Waals surface area contributed by atoms with Crippen molar-refractivity contribution in [3.8, 4) is 11.1 Å². The second-order valence-corrected chi connectivity index (χ2v) is 15.2. The lowest BCUT2D eigenvalue weighted by Crippen LogP contribution is -2.34. The van der Waals surface area contributed by atoms with Crippen LogP contribution in [0.1, 0.15) is 49.7 Å². The third-order valence-electron chi connectivity index (χ3n) is 9.62. The van der Waals surface area contributed by atoms with Crippen LogP contribution in [0.5, 0.6) is 0 Å². The van der Waals surface area contributed by atoms with Crippen molar-refractivity contribution < 1.29 is 71.7 Å². The number of carbonyl (C=O) groups excluding carboxylic acids is 2. The van der Waals surface area contributed by atoms with Gasteiger partial charge in [-0.3, -0.25) is 24.3 Å². The fourth-order valence-corrected chi connectivity index (χ4v) is 6.07. The van der Waals surface area contributed by atoms with E-state index in [0.717, 1.165) is 22.4 Å². The molecule has 1 aromatic carbocycles. The van der Waals surface area contributed by atoms with Crippen molar-refractivity contribution in [3.63, 3.8) is 0 Å². The first-order valence-corrected chi connectivity index (χ1v) is 23.5. The maximum Gasteiger partial charge on any atom is 0.305 e. The van der Waals surface area contributed by atoms with E-state index in [1.807, 2.05) is 25.1 Å². The third kappa shape index (κ3) is 25.5. The molecular formula is C47H70N8O15. The van der Waals surface area contributed by atoms with Crippen LogP contribution in [0.15, 0.2) is 53.4 Å². The number of amides is 2. The number of nitrogens with two attached hydrogens (primary N) is 1. The van der Waals surface area contributed by atoms with E-state index in [0.29, 0.717) is 155 Å². The van der Waals surface area contributed by atoms with Gasteiger partial charge >= 0.3 is 5.97 Å². The minimum Gasteiger partial charge on any atom is -0.481 e. The standard InChI is InChI=1S/C47H70N8O15/c1-2-9-55(70-36-41-5-8-52-54-41)47(59)39-30-38-4-3-37(31-42(38)53-43(48)32-39)40-33-49-44(50-34-40)35-51-45(56)6-10-60-12-14-62-16-18-64-20-22-66-24-26-68-28-29-69-27-25-67-23-21-65-19-17-63-15-13-61-11-7-46(57)58/h3-5,8,30-31,33-34H,2,6-7,9-29,32,35-36H2,1H3,(H2,48,53)(H,51,56)(H,52,54)(H,57,58).